The van der Waals surface area contributed by atoms with Crippen molar-refractivity contribution in [2.24, 2.45) is 0 Å². The molecule has 2 aliphatic heterocycles. The molecular weight excluding hydrogens is 1120 g/mol. The maximum atomic E-state index is 5.76. The number of benzene rings is 17. The fourth-order valence-corrected chi connectivity index (χ4v) is 15.9. The highest BCUT2D eigenvalue weighted by Crippen LogP contribution is 2.53. The van der Waals surface area contributed by atoms with Crippen molar-refractivity contribution in [2.45, 2.75) is 0 Å². The molecule has 0 unspecified atom stereocenters. The van der Waals surface area contributed by atoms with Crippen LogP contribution in [-0.2, 0) is 0 Å². The van der Waals surface area contributed by atoms with Crippen LogP contribution in [0.5, 0.6) is 0 Å². The summed E-state index contributed by atoms with van der Waals surface area (Å²) in [4.78, 5) is 16.7. The quantitative estimate of drug-likeness (QED) is 0.112. The summed E-state index contributed by atoms with van der Waals surface area (Å²) in [6.07, 6.45) is 0. The molecule has 0 fully saturated rings. The third-order valence-corrected chi connectivity index (χ3v) is 20.0. The molecule has 17 aromatic carbocycles. The molecule has 0 spiro atoms. The highest BCUT2D eigenvalue weighted by molar-refractivity contribution is 7.01. The lowest BCUT2D eigenvalue weighted by molar-refractivity contribution is 1.21. The fourth-order valence-electron chi connectivity index (χ4n) is 15.9. The van der Waals surface area contributed by atoms with Gasteiger partial charge in [0.1, 0.15) is 0 Å². The second-order valence-corrected chi connectivity index (χ2v) is 25.2. The lowest BCUT2D eigenvalue weighted by atomic mass is 9.33. The zero-order valence-electron chi connectivity index (χ0n) is 50.5. The molecule has 0 saturated heterocycles. The first-order valence-corrected chi connectivity index (χ1v) is 32.1. The topological polar surface area (TPSA) is 32.3 Å². The van der Waals surface area contributed by atoms with Crippen molar-refractivity contribution >= 4 is 133 Å². The minimum absolute atomic E-state index is 0.250. The van der Waals surface area contributed by atoms with E-state index in [-0.39, 0.29) is 6.71 Å². The van der Waals surface area contributed by atoms with Gasteiger partial charge in [-0.2, -0.15) is 0 Å². The predicted octanol–water partition coefficient (Wildman–Crippen LogP) is 21.5. The average molecular weight is 1180 g/mol. The Bertz CT molecular complexity index is 5600. The molecule has 0 bridgehead atoms. The molecule has 1 aromatic heterocycles. The Hall–Kier alpha value is -12.2. The van der Waals surface area contributed by atoms with Crippen molar-refractivity contribution in [3.63, 3.8) is 0 Å². The van der Waals surface area contributed by atoms with Gasteiger partial charge in [-0.05, 0) is 169 Å². The normalized spacial score (nSPS) is 12.7. The molecule has 0 N–H and O–H groups in total. The molecule has 0 amide bonds. The second kappa shape index (κ2) is 20.2. The maximum absolute atomic E-state index is 5.76. The van der Waals surface area contributed by atoms with Gasteiger partial charge in [0.05, 0.1) is 11.2 Å². The van der Waals surface area contributed by atoms with Crippen LogP contribution in [0.4, 0.5) is 34.1 Å². The fraction of sp³-hybridized carbons (Fsp3) is 0. The molecule has 18 aromatic rings. The summed E-state index contributed by atoms with van der Waals surface area (Å²) >= 11 is 0. The first kappa shape index (κ1) is 51.7. The molecule has 5 heteroatoms. The Morgan fingerprint density at radius 1 is 0.247 bits per heavy atom. The minimum Gasteiger partial charge on any atom is -0.311 e. The molecule has 2 aliphatic rings. The lowest BCUT2D eigenvalue weighted by Crippen LogP contribution is -2.61. The highest BCUT2D eigenvalue weighted by Gasteiger charge is 2.46. The molecule has 428 valence electrons. The van der Waals surface area contributed by atoms with Crippen molar-refractivity contribution in [3.8, 4) is 67.2 Å². The van der Waals surface area contributed by atoms with E-state index in [4.69, 9.17) is 9.97 Å². The summed E-state index contributed by atoms with van der Waals surface area (Å²) in [6.45, 7) is -0.250. The maximum Gasteiger partial charge on any atom is 0.252 e. The van der Waals surface area contributed by atoms with E-state index in [0.717, 1.165) is 106 Å². The number of nitrogens with zero attached hydrogens (tertiary/aromatic N) is 4. The van der Waals surface area contributed by atoms with Crippen molar-refractivity contribution in [3.05, 3.63) is 322 Å². The Morgan fingerprint density at radius 3 is 1.05 bits per heavy atom. The predicted molar refractivity (Wildman–Crippen MR) is 394 cm³/mol. The first-order valence-electron chi connectivity index (χ1n) is 32.1. The largest absolute Gasteiger partial charge is 0.311 e. The van der Waals surface area contributed by atoms with Crippen molar-refractivity contribution in [1.82, 2.24) is 9.97 Å². The van der Waals surface area contributed by atoms with E-state index < -0.39 is 0 Å². The van der Waals surface area contributed by atoms with E-state index in [0.29, 0.717) is 5.82 Å². The summed E-state index contributed by atoms with van der Waals surface area (Å²) in [6, 6.07) is 120. The van der Waals surface area contributed by atoms with Gasteiger partial charge in [0.25, 0.3) is 6.71 Å². The molecule has 20 rings (SSSR count). The zero-order chi connectivity index (χ0) is 60.8. The third-order valence-electron chi connectivity index (χ3n) is 20.0. The minimum atomic E-state index is -0.250. The molecule has 0 radical (unpaired) electrons. The van der Waals surface area contributed by atoms with Gasteiger partial charge in [0.2, 0.25) is 0 Å². The second-order valence-electron chi connectivity index (χ2n) is 25.2. The summed E-state index contributed by atoms with van der Waals surface area (Å²) in [5.74, 6) is 0.649. The number of fused-ring (bicyclic) bond motifs is 7. The third kappa shape index (κ3) is 7.94. The summed E-state index contributed by atoms with van der Waals surface area (Å²) in [7, 11) is 0. The van der Waals surface area contributed by atoms with Crippen molar-refractivity contribution in [1.29, 1.82) is 0 Å². The number of aromatic nitrogens is 2. The van der Waals surface area contributed by atoms with Crippen LogP contribution in [0.25, 0.3) is 143 Å². The number of hydrogen-bond acceptors (Lipinski definition) is 4. The number of anilines is 6. The zero-order valence-corrected chi connectivity index (χ0v) is 50.5. The summed E-state index contributed by atoms with van der Waals surface area (Å²) in [5.41, 5.74) is 23.1. The smallest absolute Gasteiger partial charge is 0.252 e. The average Bonchev–Trinajstić information content (AvgIpc) is 0.706. The van der Waals surface area contributed by atoms with Crippen LogP contribution in [0.2, 0.25) is 0 Å². The van der Waals surface area contributed by atoms with Crippen molar-refractivity contribution < 1.29 is 0 Å². The van der Waals surface area contributed by atoms with Crippen LogP contribution in [0.1, 0.15) is 0 Å². The van der Waals surface area contributed by atoms with Gasteiger partial charge in [-0.3, -0.25) is 0 Å². The van der Waals surface area contributed by atoms with E-state index >= 15 is 0 Å². The van der Waals surface area contributed by atoms with Gasteiger partial charge in [0, 0.05) is 61.4 Å². The van der Waals surface area contributed by atoms with Crippen molar-refractivity contribution in [2.75, 3.05) is 9.80 Å². The van der Waals surface area contributed by atoms with Crippen LogP contribution in [0, 0.1) is 0 Å². The number of rotatable bonds is 8. The highest BCUT2D eigenvalue weighted by atomic mass is 15.2. The van der Waals surface area contributed by atoms with Gasteiger partial charge in [0.15, 0.2) is 5.82 Å². The van der Waals surface area contributed by atoms with Gasteiger partial charge in [-0.1, -0.05) is 267 Å². The van der Waals surface area contributed by atoms with Gasteiger partial charge < -0.3 is 9.80 Å². The molecule has 4 nitrogen and oxygen atoms in total. The van der Waals surface area contributed by atoms with E-state index in [9.17, 15) is 0 Å². The molecule has 0 atom stereocenters. The number of para-hydroxylation sites is 1. The Kier molecular flexibility index (Phi) is 11.2. The SMILES string of the molecule is c1ccc(-c2cc(-c3ccccc3)cc(N3c4cc(-c5nc(-c6ccccc6)c6ccccc6n5)cc5c4B(c4cc6ccc7cccc8ccc(c43)c6c78)c3cc4ccc6cccc7ccc(c3N5c3cc(-c5ccccc5)cc(-c5ccccc5)c3)c4c67)c2)cc1. The standard InChI is InChI=1S/C88H53BN4/c1-6-20-54(21-7-1)65-44-66(55-22-8-2-9-23-55)47-70(46-65)92-78-52-69(88-90-77-35-17-16-34-72(77)85(91-88)62-28-14-5-15-29-62)53-79-84(78)89(75-50-63-38-36-58-30-18-32-60-40-42-73(86(75)92)82(63)80(58)60)76-51-64-39-37-59-31-19-33-61-41-43-74(83(64)81(59)61)87(76)93(79)71-48-67(56-24-10-3-11-25-56)45-68(49-71)57-26-12-4-13-27-57/h1-53H. The first-order chi connectivity index (χ1) is 46.1. The Balaban J connectivity index is 0.991. The molecule has 3 heterocycles. The van der Waals surface area contributed by atoms with Crippen LogP contribution in [-0.4, -0.2) is 16.7 Å². The molecule has 0 saturated carbocycles. The van der Waals surface area contributed by atoms with E-state index in [1.54, 1.807) is 0 Å². The number of hydrogen-bond donors (Lipinski definition) is 0. The van der Waals surface area contributed by atoms with Crippen LogP contribution in [0.3, 0.4) is 0 Å². The lowest BCUT2D eigenvalue weighted by Gasteiger charge is -2.45. The van der Waals surface area contributed by atoms with E-state index in [2.05, 4.69) is 331 Å². The summed E-state index contributed by atoms with van der Waals surface area (Å²) in [5, 5.41) is 15.9. The monoisotopic (exact) mass is 1180 g/mol. The van der Waals surface area contributed by atoms with Gasteiger partial charge >= 0.3 is 0 Å². The van der Waals surface area contributed by atoms with Crippen LogP contribution in [0.15, 0.2) is 322 Å². The van der Waals surface area contributed by atoms with Gasteiger partial charge in [-0.25, -0.2) is 9.97 Å². The molecule has 0 aliphatic carbocycles. The van der Waals surface area contributed by atoms with Crippen LogP contribution < -0.4 is 26.2 Å². The van der Waals surface area contributed by atoms with E-state index in [1.807, 2.05) is 0 Å². The Labute approximate surface area is 538 Å². The molecule has 93 heavy (non-hydrogen) atoms. The van der Waals surface area contributed by atoms with Crippen LogP contribution >= 0.6 is 0 Å². The van der Waals surface area contributed by atoms with Gasteiger partial charge in [-0.15, -0.1) is 0 Å². The Morgan fingerprint density at radius 2 is 0.624 bits per heavy atom. The van der Waals surface area contributed by atoms with E-state index in [1.165, 1.54) is 81.0 Å². The summed E-state index contributed by atoms with van der Waals surface area (Å²) < 4.78 is 0. The molecular formula is C88H53BN4.